The molecule has 130 valence electrons. The van der Waals surface area contributed by atoms with Gasteiger partial charge in [0, 0.05) is 13.0 Å². The number of nitro benzene ring substituents is 1. The van der Waals surface area contributed by atoms with Crippen LogP contribution in [-0.2, 0) is 20.9 Å². The first-order valence-corrected chi connectivity index (χ1v) is 8.01. The van der Waals surface area contributed by atoms with Crippen LogP contribution >= 0.6 is 11.6 Å². The highest BCUT2D eigenvalue weighted by Gasteiger charge is 2.40. The zero-order chi connectivity index (χ0) is 17.9. The summed E-state index contributed by atoms with van der Waals surface area (Å²) >= 11 is 6.68. The Morgan fingerprint density at radius 3 is 2.46 bits per heavy atom. The van der Waals surface area contributed by atoms with Crippen LogP contribution in [0.25, 0.3) is 0 Å². The van der Waals surface area contributed by atoms with Gasteiger partial charge in [0.15, 0.2) is 0 Å². The molecule has 24 heavy (non-hydrogen) atoms. The molecule has 1 aliphatic rings. The molecule has 8 heteroatoms. The summed E-state index contributed by atoms with van der Waals surface area (Å²) in [6, 6.07) is 2.56. The number of rotatable bonds is 5. The zero-order valence-corrected chi connectivity index (χ0v) is 14.0. The fourth-order valence-corrected chi connectivity index (χ4v) is 3.58. The van der Waals surface area contributed by atoms with Crippen LogP contribution in [0.5, 0.6) is 5.75 Å². The molecule has 0 heterocycles. The average molecular weight is 356 g/mol. The summed E-state index contributed by atoms with van der Waals surface area (Å²) in [6.07, 6.45) is 3.27. The van der Waals surface area contributed by atoms with Gasteiger partial charge in [0.2, 0.25) is 0 Å². The molecular formula is C16H18ClNO6. The van der Waals surface area contributed by atoms with Gasteiger partial charge in [-0.05, 0) is 24.5 Å². The van der Waals surface area contributed by atoms with Crippen LogP contribution in [0.2, 0.25) is 0 Å². The van der Waals surface area contributed by atoms with Crippen molar-refractivity contribution in [3.63, 3.8) is 0 Å². The Morgan fingerprint density at radius 2 is 1.96 bits per heavy atom. The topological polar surface area (TPSA) is 107 Å². The smallest absolute Gasteiger partial charge is 0.308 e. The van der Waals surface area contributed by atoms with Gasteiger partial charge in [-0.25, -0.2) is 0 Å². The lowest BCUT2D eigenvalue weighted by Gasteiger charge is -2.32. The maximum Gasteiger partial charge on any atom is 0.308 e. The van der Waals surface area contributed by atoms with Crippen LogP contribution in [-0.4, -0.2) is 22.0 Å². The Bertz CT molecular complexity index is 681. The number of nitro groups is 1. The van der Waals surface area contributed by atoms with Crippen molar-refractivity contribution in [2.75, 3.05) is 0 Å². The molecule has 0 spiro atoms. The van der Waals surface area contributed by atoms with E-state index in [1.807, 2.05) is 0 Å². The number of ether oxygens (including phenoxy) is 1. The summed E-state index contributed by atoms with van der Waals surface area (Å²) < 4.78 is 5.16. The molecule has 0 unspecified atom stereocenters. The van der Waals surface area contributed by atoms with Gasteiger partial charge in [-0.1, -0.05) is 19.3 Å². The lowest BCUT2D eigenvalue weighted by molar-refractivity contribution is -0.386. The molecule has 1 fully saturated rings. The minimum Gasteiger partial charge on any atom is -0.481 e. The van der Waals surface area contributed by atoms with Crippen molar-refractivity contribution in [2.45, 2.75) is 50.3 Å². The number of nitrogens with zero attached hydrogens (tertiary/aromatic N) is 1. The van der Waals surface area contributed by atoms with Crippen LogP contribution in [0.3, 0.4) is 0 Å². The van der Waals surface area contributed by atoms with Gasteiger partial charge in [-0.15, -0.1) is 11.6 Å². The molecule has 7 nitrogen and oxygen atoms in total. The first-order chi connectivity index (χ1) is 11.2. The number of carbonyl (C=O) groups is 2. The normalized spacial score (nSPS) is 16.4. The van der Waals surface area contributed by atoms with Crippen LogP contribution in [0.4, 0.5) is 5.69 Å². The van der Waals surface area contributed by atoms with E-state index in [0.29, 0.717) is 12.8 Å². The molecular weight excluding hydrogens is 338 g/mol. The summed E-state index contributed by atoms with van der Waals surface area (Å²) in [7, 11) is 0. The number of aliphatic carboxylic acids is 1. The lowest BCUT2D eigenvalue weighted by atomic mass is 9.81. The van der Waals surface area contributed by atoms with E-state index in [4.69, 9.17) is 21.4 Å². The van der Waals surface area contributed by atoms with E-state index in [9.17, 15) is 19.7 Å². The van der Waals surface area contributed by atoms with Crippen molar-refractivity contribution in [3.8, 4) is 5.75 Å². The van der Waals surface area contributed by atoms with Crippen LogP contribution in [0, 0.1) is 10.1 Å². The summed E-state index contributed by atoms with van der Waals surface area (Å²) in [5.74, 6) is -1.80. The third kappa shape index (κ3) is 4.03. The molecule has 1 aromatic rings. The number of esters is 1. The number of carboxylic acid groups (broad SMARTS) is 1. The predicted octanol–water partition coefficient (Wildman–Crippen LogP) is 3.55. The molecule has 0 amide bonds. The van der Waals surface area contributed by atoms with E-state index in [-0.39, 0.29) is 22.6 Å². The van der Waals surface area contributed by atoms with Crippen molar-refractivity contribution < 1.29 is 24.4 Å². The van der Waals surface area contributed by atoms with Crippen molar-refractivity contribution in [2.24, 2.45) is 0 Å². The second kappa shape index (κ2) is 7.17. The summed E-state index contributed by atoms with van der Waals surface area (Å²) in [4.78, 5) is 32.3. The molecule has 0 radical (unpaired) electrons. The van der Waals surface area contributed by atoms with Crippen molar-refractivity contribution in [3.05, 3.63) is 33.4 Å². The van der Waals surface area contributed by atoms with Crippen LogP contribution in [0.15, 0.2) is 12.1 Å². The van der Waals surface area contributed by atoms with Gasteiger partial charge in [-0.3, -0.25) is 19.7 Å². The Hall–Kier alpha value is -2.15. The summed E-state index contributed by atoms with van der Waals surface area (Å²) in [5.41, 5.74) is 0.0466. The molecule has 1 aliphatic carbocycles. The van der Waals surface area contributed by atoms with Gasteiger partial charge < -0.3 is 9.84 Å². The van der Waals surface area contributed by atoms with Gasteiger partial charge >= 0.3 is 11.9 Å². The standard InChI is InChI=1S/C16H18ClNO6/c1-10(19)24-13-8-11(9-14(20)21)7-12(18(22)23)15(13)16(17)5-3-2-4-6-16/h7-8H,2-6,9H2,1H3,(H,20,21). The summed E-state index contributed by atoms with van der Waals surface area (Å²) in [5, 5.41) is 20.5. The van der Waals surface area contributed by atoms with Gasteiger partial charge in [-0.2, -0.15) is 0 Å². The fraction of sp³-hybridized carbons (Fsp3) is 0.500. The second-order valence-corrected chi connectivity index (χ2v) is 6.66. The average Bonchev–Trinajstić information content (AvgIpc) is 2.45. The van der Waals surface area contributed by atoms with E-state index >= 15 is 0 Å². The highest BCUT2D eigenvalue weighted by molar-refractivity contribution is 6.24. The van der Waals surface area contributed by atoms with Crippen LogP contribution in [0.1, 0.15) is 50.2 Å². The predicted molar refractivity (Wildman–Crippen MR) is 86.4 cm³/mol. The van der Waals surface area contributed by atoms with Crippen molar-refractivity contribution in [1.29, 1.82) is 0 Å². The van der Waals surface area contributed by atoms with Crippen molar-refractivity contribution in [1.82, 2.24) is 0 Å². The quantitative estimate of drug-likeness (QED) is 0.284. The van der Waals surface area contributed by atoms with Crippen molar-refractivity contribution >= 4 is 29.2 Å². The SMILES string of the molecule is CC(=O)Oc1cc(CC(=O)O)cc([N+](=O)[O-])c1C1(Cl)CCCCC1. The second-order valence-electron chi connectivity index (χ2n) is 5.94. The Balaban J connectivity index is 2.65. The lowest BCUT2D eigenvalue weighted by Crippen LogP contribution is -2.25. The molecule has 0 saturated heterocycles. The first kappa shape index (κ1) is 18.2. The molecule has 0 aliphatic heterocycles. The third-order valence-corrected chi connectivity index (χ3v) is 4.61. The number of halogens is 1. The Morgan fingerprint density at radius 1 is 1.33 bits per heavy atom. The third-order valence-electron chi connectivity index (χ3n) is 4.04. The number of carboxylic acids is 1. The van der Waals surface area contributed by atoms with E-state index in [0.717, 1.165) is 19.3 Å². The molecule has 1 N–H and O–H groups in total. The molecule has 0 atom stereocenters. The molecule has 1 aromatic carbocycles. The van der Waals surface area contributed by atoms with E-state index < -0.39 is 28.2 Å². The minimum atomic E-state index is -1.14. The van der Waals surface area contributed by atoms with Crippen LogP contribution < -0.4 is 4.74 Å². The van der Waals surface area contributed by atoms with E-state index in [1.165, 1.54) is 19.1 Å². The molecule has 0 aromatic heterocycles. The maximum absolute atomic E-state index is 11.5. The number of alkyl halides is 1. The first-order valence-electron chi connectivity index (χ1n) is 7.64. The number of hydrogen-bond acceptors (Lipinski definition) is 5. The number of benzene rings is 1. The Kier molecular flexibility index (Phi) is 5.43. The number of hydrogen-bond donors (Lipinski definition) is 1. The number of carbonyl (C=O) groups excluding carboxylic acids is 1. The summed E-state index contributed by atoms with van der Waals surface area (Å²) in [6.45, 7) is 1.18. The van der Waals surface area contributed by atoms with E-state index in [1.54, 1.807) is 0 Å². The van der Waals surface area contributed by atoms with E-state index in [2.05, 4.69) is 0 Å². The highest BCUT2D eigenvalue weighted by Crippen LogP contribution is 2.50. The zero-order valence-electron chi connectivity index (χ0n) is 13.2. The monoisotopic (exact) mass is 355 g/mol. The molecule has 2 rings (SSSR count). The Labute approximate surface area is 143 Å². The maximum atomic E-state index is 11.5. The van der Waals surface area contributed by atoms with Gasteiger partial charge in [0.25, 0.3) is 5.69 Å². The minimum absolute atomic E-state index is 0.0233. The molecule has 0 bridgehead atoms. The van der Waals surface area contributed by atoms with Gasteiger partial charge in [0.1, 0.15) is 5.75 Å². The largest absolute Gasteiger partial charge is 0.481 e. The molecule has 1 saturated carbocycles. The van der Waals surface area contributed by atoms with Gasteiger partial charge in [0.05, 0.1) is 21.8 Å². The fourth-order valence-electron chi connectivity index (χ4n) is 3.12. The highest BCUT2D eigenvalue weighted by atomic mass is 35.5.